The number of rotatable bonds is 1. The van der Waals surface area contributed by atoms with E-state index in [1.165, 1.54) is 0 Å². The molecule has 1 aliphatic heterocycles. The Morgan fingerprint density at radius 1 is 1.64 bits per heavy atom. The molecule has 1 atom stereocenters. The van der Waals surface area contributed by atoms with Crippen molar-refractivity contribution in [1.82, 2.24) is 0 Å². The molecule has 1 heterocycles. The van der Waals surface area contributed by atoms with E-state index in [-0.39, 0.29) is 11.6 Å². The van der Waals surface area contributed by atoms with Crippen LogP contribution >= 0.6 is 0 Å². The van der Waals surface area contributed by atoms with Crippen LogP contribution in [-0.2, 0) is 9.53 Å². The van der Waals surface area contributed by atoms with Gasteiger partial charge in [-0.2, -0.15) is 0 Å². The lowest BCUT2D eigenvalue weighted by atomic mass is 9.89. The van der Waals surface area contributed by atoms with E-state index in [1.807, 2.05) is 20.8 Å². The highest BCUT2D eigenvalue weighted by atomic mass is 16.6. The molecular weight excluding hydrogens is 140 g/mol. The Balaban J connectivity index is 2.79. The van der Waals surface area contributed by atoms with Crippen LogP contribution in [0.15, 0.2) is 12.2 Å². The zero-order valence-corrected chi connectivity index (χ0v) is 7.31. The summed E-state index contributed by atoms with van der Waals surface area (Å²) in [7, 11) is 0. The molecule has 2 heteroatoms. The molecule has 1 saturated heterocycles. The van der Waals surface area contributed by atoms with Gasteiger partial charge in [0.05, 0.1) is 0 Å². The first-order valence-electron chi connectivity index (χ1n) is 3.87. The molecule has 0 amide bonds. The predicted molar refractivity (Wildman–Crippen MR) is 43.1 cm³/mol. The first kappa shape index (κ1) is 8.31. The first-order valence-corrected chi connectivity index (χ1v) is 3.87. The quantitative estimate of drug-likeness (QED) is 0.426. The maximum absolute atomic E-state index is 11.0. The lowest BCUT2D eigenvalue weighted by Crippen LogP contribution is -2.30. The maximum atomic E-state index is 11.0. The lowest BCUT2D eigenvalue weighted by Gasteiger charge is -2.26. The monoisotopic (exact) mass is 154 g/mol. The summed E-state index contributed by atoms with van der Waals surface area (Å²) in [5, 5.41) is 0. The van der Waals surface area contributed by atoms with E-state index >= 15 is 0 Å². The molecule has 62 valence electrons. The first-order chi connectivity index (χ1) is 4.96. The van der Waals surface area contributed by atoms with Gasteiger partial charge in [0.15, 0.2) is 0 Å². The fourth-order valence-corrected chi connectivity index (χ4v) is 1.14. The minimum absolute atomic E-state index is 0.235. The van der Waals surface area contributed by atoms with Gasteiger partial charge in [0.2, 0.25) is 0 Å². The molecule has 0 aromatic carbocycles. The van der Waals surface area contributed by atoms with Crippen molar-refractivity contribution in [2.45, 2.75) is 32.8 Å². The minimum atomic E-state index is -0.311. The second-order valence-electron chi connectivity index (χ2n) is 3.64. The summed E-state index contributed by atoms with van der Waals surface area (Å²) in [5.41, 5.74) is 0.287. The van der Waals surface area contributed by atoms with Crippen LogP contribution in [0.25, 0.3) is 0 Å². The van der Waals surface area contributed by atoms with Crippen LogP contribution in [0.4, 0.5) is 0 Å². The van der Waals surface area contributed by atoms with Gasteiger partial charge >= 0.3 is 5.97 Å². The van der Waals surface area contributed by atoms with Crippen molar-refractivity contribution in [3.8, 4) is 0 Å². The zero-order valence-electron chi connectivity index (χ0n) is 7.31. The average Bonchev–Trinajstić information content (AvgIpc) is 2.09. The van der Waals surface area contributed by atoms with Crippen molar-refractivity contribution >= 4 is 5.97 Å². The summed E-state index contributed by atoms with van der Waals surface area (Å²) in [6, 6.07) is 0. The summed E-state index contributed by atoms with van der Waals surface area (Å²) in [5.74, 6) is 0.118. The third-order valence-electron chi connectivity index (χ3n) is 2.40. The molecular formula is C9H14O2. The van der Waals surface area contributed by atoms with Crippen LogP contribution in [0.1, 0.15) is 27.2 Å². The predicted octanol–water partition coefficient (Wildman–Crippen LogP) is 1.90. The molecule has 1 aliphatic rings. The van der Waals surface area contributed by atoms with Crippen molar-refractivity contribution in [3.63, 3.8) is 0 Å². The van der Waals surface area contributed by atoms with E-state index in [4.69, 9.17) is 4.74 Å². The molecule has 0 aliphatic carbocycles. The van der Waals surface area contributed by atoms with E-state index in [1.54, 1.807) is 0 Å². The number of cyclic esters (lactones) is 1. The molecule has 0 aromatic rings. The average molecular weight is 154 g/mol. The van der Waals surface area contributed by atoms with E-state index in [0.29, 0.717) is 17.9 Å². The van der Waals surface area contributed by atoms with Gasteiger partial charge in [0.25, 0.3) is 0 Å². The van der Waals surface area contributed by atoms with Crippen LogP contribution in [0.5, 0.6) is 0 Å². The Hall–Kier alpha value is -0.790. The molecule has 0 aromatic heterocycles. The number of carbonyl (C=O) groups is 1. The fourth-order valence-electron chi connectivity index (χ4n) is 1.14. The van der Waals surface area contributed by atoms with Crippen molar-refractivity contribution in [3.05, 3.63) is 12.2 Å². The van der Waals surface area contributed by atoms with Crippen LogP contribution in [-0.4, -0.2) is 11.6 Å². The zero-order chi connectivity index (χ0) is 8.65. The molecule has 0 saturated carbocycles. The Morgan fingerprint density at radius 2 is 2.18 bits per heavy atom. The molecule has 0 spiro atoms. The van der Waals surface area contributed by atoms with Crippen molar-refractivity contribution in [1.29, 1.82) is 0 Å². The molecule has 0 radical (unpaired) electrons. The number of hydrogen-bond acceptors (Lipinski definition) is 2. The Morgan fingerprint density at radius 3 is 2.36 bits per heavy atom. The number of ether oxygens (including phenoxy) is 1. The highest BCUT2D eigenvalue weighted by Crippen LogP contribution is 2.35. The highest BCUT2D eigenvalue weighted by molar-refractivity contribution is 5.90. The van der Waals surface area contributed by atoms with Crippen molar-refractivity contribution in [2.75, 3.05) is 0 Å². The molecule has 0 bridgehead atoms. The molecule has 1 rings (SSSR count). The maximum Gasteiger partial charge on any atom is 0.334 e. The summed E-state index contributed by atoms with van der Waals surface area (Å²) >= 11 is 0. The van der Waals surface area contributed by atoms with E-state index in [9.17, 15) is 4.79 Å². The number of carbonyl (C=O) groups excluding carboxylic acids is 1. The SMILES string of the molecule is C=C1C[C@](C)(C(C)C)OC1=O. The highest BCUT2D eigenvalue weighted by Gasteiger charge is 2.40. The normalized spacial score (nSPS) is 31.3. The van der Waals surface area contributed by atoms with Gasteiger partial charge in [-0.3, -0.25) is 0 Å². The second-order valence-corrected chi connectivity index (χ2v) is 3.64. The molecule has 0 unspecified atom stereocenters. The summed E-state index contributed by atoms with van der Waals surface area (Å²) < 4.78 is 5.18. The minimum Gasteiger partial charge on any atom is -0.455 e. The van der Waals surface area contributed by atoms with E-state index in [0.717, 1.165) is 0 Å². The van der Waals surface area contributed by atoms with Gasteiger partial charge in [0, 0.05) is 12.0 Å². The molecule has 0 N–H and O–H groups in total. The van der Waals surface area contributed by atoms with Gasteiger partial charge in [-0.1, -0.05) is 20.4 Å². The van der Waals surface area contributed by atoms with Gasteiger partial charge in [-0.15, -0.1) is 0 Å². The molecule has 1 fully saturated rings. The second kappa shape index (κ2) is 2.36. The number of esters is 1. The smallest absolute Gasteiger partial charge is 0.334 e. The Labute approximate surface area is 67.2 Å². The van der Waals surface area contributed by atoms with Crippen LogP contribution in [0.2, 0.25) is 0 Å². The Bertz CT molecular complexity index is 188. The van der Waals surface area contributed by atoms with Crippen molar-refractivity contribution < 1.29 is 9.53 Å². The summed E-state index contributed by atoms with van der Waals surface area (Å²) in [4.78, 5) is 11.0. The molecule has 2 nitrogen and oxygen atoms in total. The van der Waals surface area contributed by atoms with Gasteiger partial charge in [-0.05, 0) is 12.8 Å². The van der Waals surface area contributed by atoms with E-state index < -0.39 is 0 Å². The van der Waals surface area contributed by atoms with Crippen LogP contribution in [0.3, 0.4) is 0 Å². The van der Waals surface area contributed by atoms with Crippen molar-refractivity contribution in [2.24, 2.45) is 5.92 Å². The topological polar surface area (TPSA) is 26.3 Å². The summed E-state index contributed by atoms with van der Waals surface area (Å²) in [6.45, 7) is 9.69. The molecule has 11 heavy (non-hydrogen) atoms. The summed E-state index contributed by atoms with van der Waals surface area (Å²) in [6.07, 6.45) is 0.670. The third kappa shape index (κ3) is 1.30. The Kier molecular flexibility index (Phi) is 1.78. The van der Waals surface area contributed by atoms with Gasteiger partial charge in [-0.25, -0.2) is 4.79 Å². The van der Waals surface area contributed by atoms with E-state index in [2.05, 4.69) is 6.58 Å². The number of hydrogen-bond donors (Lipinski definition) is 0. The third-order valence-corrected chi connectivity index (χ3v) is 2.40. The fraction of sp³-hybridized carbons (Fsp3) is 0.667. The van der Waals surface area contributed by atoms with Gasteiger partial charge in [0.1, 0.15) is 5.60 Å². The standard InChI is InChI=1S/C9H14O2/c1-6(2)9(4)5-7(3)8(10)11-9/h6H,3,5H2,1-2,4H3/t9-/m1/s1. The van der Waals surface area contributed by atoms with Crippen LogP contribution in [0, 0.1) is 5.92 Å². The largest absolute Gasteiger partial charge is 0.455 e. The lowest BCUT2D eigenvalue weighted by molar-refractivity contribution is -0.148. The van der Waals surface area contributed by atoms with Crippen LogP contribution < -0.4 is 0 Å². The van der Waals surface area contributed by atoms with Gasteiger partial charge < -0.3 is 4.74 Å².